The molecule has 1 unspecified atom stereocenters. The van der Waals surface area contributed by atoms with E-state index in [-0.39, 0.29) is 6.04 Å². The molecule has 0 aliphatic heterocycles. The molecule has 0 spiro atoms. The zero-order valence-corrected chi connectivity index (χ0v) is 14.1. The Balaban J connectivity index is 2.41. The quantitative estimate of drug-likeness (QED) is 0.787. The average molecular weight is 406 g/mol. The van der Waals surface area contributed by atoms with Gasteiger partial charge in [-0.1, -0.05) is 33.6 Å². The molecular formula is C14H12Br2ClNO. The molecule has 0 aromatic heterocycles. The summed E-state index contributed by atoms with van der Waals surface area (Å²) in [7, 11) is 1.63. The molecule has 19 heavy (non-hydrogen) atoms. The van der Waals surface area contributed by atoms with E-state index in [0.717, 1.165) is 25.8 Å². The molecule has 0 heterocycles. The second kappa shape index (κ2) is 6.27. The van der Waals surface area contributed by atoms with Gasteiger partial charge in [0.1, 0.15) is 5.75 Å². The lowest BCUT2D eigenvalue weighted by molar-refractivity contribution is 0.412. The van der Waals surface area contributed by atoms with Crippen LogP contribution in [0.5, 0.6) is 5.75 Å². The normalized spacial score (nSPS) is 12.3. The van der Waals surface area contributed by atoms with Crippen molar-refractivity contribution in [2.24, 2.45) is 5.73 Å². The predicted molar refractivity (Wildman–Crippen MR) is 85.9 cm³/mol. The minimum atomic E-state index is -0.285. The van der Waals surface area contributed by atoms with Crippen molar-refractivity contribution in [1.29, 1.82) is 0 Å². The molecule has 0 aliphatic carbocycles. The molecular weight excluding hydrogens is 393 g/mol. The van der Waals surface area contributed by atoms with Crippen molar-refractivity contribution < 1.29 is 4.74 Å². The zero-order chi connectivity index (χ0) is 14.0. The molecule has 2 aromatic rings. The molecule has 0 saturated carbocycles. The number of rotatable bonds is 3. The lowest BCUT2D eigenvalue weighted by Gasteiger charge is -2.16. The lowest BCUT2D eigenvalue weighted by atomic mass is 9.99. The smallest absolute Gasteiger partial charge is 0.133 e. The number of hydrogen-bond donors (Lipinski definition) is 1. The Bertz CT molecular complexity index is 604. The molecule has 5 heteroatoms. The van der Waals surface area contributed by atoms with Crippen molar-refractivity contribution in [3.8, 4) is 5.75 Å². The third-order valence-electron chi connectivity index (χ3n) is 2.83. The van der Waals surface area contributed by atoms with E-state index in [0.29, 0.717) is 5.02 Å². The van der Waals surface area contributed by atoms with Crippen molar-refractivity contribution in [3.05, 3.63) is 61.5 Å². The second-order valence-corrected chi connectivity index (χ2v) is 6.21. The maximum absolute atomic E-state index is 6.28. The van der Waals surface area contributed by atoms with Crippen LogP contribution in [-0.2, 0) is 0 Å². The molecule has 2 rings (SSSR count). The van der Waals surface area contributed by atoms with Gasteiger partial charge in [0.05, 0.1) is 17.6 Å². The van der Waals surface area contributed by atoms with E-state index < -0.39 is 0 Å². The fourth-order valence-corrected chi connectivity index (χ4v) is 2.98. The van der Waals surface area contributed by atoms with E-state index in [2.05, 4.69) is 31.9 Å². The summed E-state index contributed by atoms with van der Waals surface area (Å²) in [5.74, 6) is 0.774. The topological polar surface area (TPSA) is 35.2 Å². The first-order valence-corrected chi connectivity index (χ1v) is 7.53. The number of nitrogens with two attached hydrogens (primary N) is 1. The van der Waals surface area contributed by atoms with Crippen LogP contribution >= 0.6 is 43.5 Å². The Hall–Kier alpha value is -0.550. The van der Waals surface area contributed by atoms with Gasteiger partial charge in [0.2, 0.25) is 0 Å². The Kier molecular flexibility index (Phi) is 4.90. The Morgan fingerprint density at radius 1 is 1.16 bits per heavy atom. The van der Waals surface area contributed by atoms with Gasteiger partial charge in [0, 0.05) is 9.50 Å². The van der Waals surface area contributed by atoms with Gasteiger partial charge in [0.15, 0.2) is 0 Å². The van der Waals surface area contributed by atoms with Gasteiger partial charge in [-0.25, -0.2) is 0 Å². The standard InChI is InChI=1S/C14H12Br2ClNO/c1-19-13-5-2-8(6-11(13)16)14(18)10-7-9(15)3-4-12(10)17/h2-7,14H,18H2,1H3. The summed E-state index contributed by atoms with van der Waals surface area (Å²) >= 11 is 13.1. The number of ether oxygens (including phenoxy) is 1. The lowest BCUT2D eigenvalue weighted by Crippen LogP contribution is -2.12. The summed E-state index contributed by atoms with van der Waals surface area (Å²) in [5, 5.41) is 0.655. The van der Waals surface area contributed by atoms with Crippen LogP contribution in [0.4, 0.5) is 0 Å². The highest BCUT2D eigenvalue weighted by atomic mass is 79.9. The van der Waals surface area contributed by atoms with Crippen LogP contribution in [0.25, 0.3) is 0 Å². The van der Waals surface area contributed by atoms with E-state index in [4.69, 9.17) is 22.1 Å². The van der Waals surface area contributed by atoms with Gasteiger partial charge in [0.25, 0.3) is 0 Å². The fraction of sp³-hybridized carbons (Fsp3) is 0.143. The highest BCUT2D eigenvalue weighted by molar-refractivity contribution is 9.10. The number of hydrogen-bond acceptors (Lipinski definition) is 2. The third-order valence-corrected chi connectivity index (χ3v) is 4.29. The summed E-state index contributed by atoms with van der Waals surface area (Å²) in [6.45, 7) is 0. The fourth-order valence-electron chi connectivity index (χ4n) is 1.81. The Morgan fingerprint density at radius 2 is 1.89 bits per heavy atom. The summed E-state index contributed by atoms with van der Waals surface area (Å²) in [6, 6.07) is 11.1. The first-order chi connectivity index (χ1) is 9.02. The maximum Gasteiger partial charge on any atom is 0.133 e. The minimum Gasteiger partial charge on any atom is -0.496 e. The SMILES string of the molecule is COc1ccc(C(N)c2cc(Br)ccc2Cl)cc1Br. The van der Waals surface area contributed by atoms with E-state index in [1.54, 1.807) is 7.11 Å². The van der Waals surface area contributed by atoms with E-state index >= 15 is 0 Å². The van der Waals surface area contributed by atoms with Crippen molar-refractivity contribution >= 4 is 43.5 Å². The second-order valence-electron chi connectivity index (χ2n) is 4.04. The van der Waals surface area contributed by atoms with Crippen LogP contribution < -0.4 is 10.5 Å². The van der Waals surface area contributed by atoms with Crippen molar-refractivity contribution in [1.82, 2.24) is 0 Å². The van der Waals surface area contributed by atoms with E-state index in [1.807, 2.05) is 36.4 Å². The van der Waals surface area contributed by atoms with Gasteiger partial charge in [-0.2, -0.15) is 0 Å². The molecule has 2 nitrogen and oxygen atoms in total. The Labute approximate surface area is 134 Å². The van der Waals surface area contributed by atoms with Crippen LogP contribution in [0.2, 0.25) is 5.02 Å². The molecule has 0 radical (unpaired) electrons. The molecule has 100 valence electrons. The van der Waals surface area contributed by atoms with Crippen LogP contribution in [-0.4, -0.2) is 7.11 Å². The first-order valence-electron chi connectivity index (χ1n) is 5.57. The predicted octanol–water partition coefficient (Wildman–Crippen LogP) is 4.92. The van der Waals surface area contributed by atoms with Gasteiger partial charge < -0.3 is 10.5 Å². The molecule has 0 amide bonds. The highest BCUT2D eigenvalue weighted by Crippen LogP contribution is 2.33. The summed E-state index contributed by atoms with van der Waals surface area (Å²) < 4.78 is 7.03. The molecule has 2 aromatic carbocycles. The van der Waals surface area contributed by atoms with Crippen molar-refractivity contribution in [2.45, 2.75) is 6.04 Å². The summed E-state index contributed by atoms with van der Waals surface area (Å²) in [6.07, 6.45) is 0. The average Bonchev–Trinajstić information content (AvgIpc) is 2.40. The van der Waals surface area contributed by atoms with Crippen LogP contribution in [0, 0.1) is 0 Å². The minimum absolute atomic E-state index is 0.285. The Morgan fingerprint density at radius 3 is 2.53 bits per heavy atom. The van der Waals surface area contributed by atoms with Crippen molar-refractivity contribution in [2.75, 3.05) is 7.11 Å². The van der Waals surface area contributed by atoms with E-state index in [1.165, 1.54) is 0 Å². The highest BCUT2D eigenvalue weighted by Gasteiger charge is 2.14. The third kappa shape index (κ3) is 3.31. The molecule has 1 atom stereocenters. The van der Waals surface area contributed by atoms with Gasteiger partial charge in [-0.05, 0) is 57.4 Å². The number of benzene rings is 2. The van der Waals surface area contributed by atoms with E-state index in [9.17, 15) is 0 Å². The summed E-state index contributed by atoms with van der Waals surface area (Å²) in [5.41, 5.74) is 8.13. The van der Waals surface area contributed by atoms with Crippen LogP contribution in [0.1, 0.15) is 17.2 Å². The number of methoxy groups -OCH3 is 1. The van der Waals surface area contributed by atoms with Gasteiger partial charge in [-0.15, -0.1) is 0 Å². The summed E-state index contributed by atoms with van der Waals surface area (Å²) in [4.78, 5) is 0. The first kappa shape index (κ1) is 14.9. The van der Waals surface area contributed by atoms with Crippen LogP contribution in [0.15, 0.2) is 45.3 Å². The molecule has 0 saturated heterocycles. The zero-order valence-electron chi connectivity index (χ0n) is 10.2. The maximum atomic E-state index is 6.28. The van der Waals surface area contributed by atoms with Gasteiger partial charge in [-0.3, -0.25) is 0 Å². The largest absolute Gasteiger partial charge is 0.496 e. The van der Waals surface area contributed by atoms with Gasteiger partial charge >= 0.3 is 0 Å². The molecule has 0 fully saturated rings. The van der Waals surface area contributed by atoms with Crippen LogP contribution in [0.3, 0.4) is 0 Å². The number of halogens is 3. The monoisotopic (exact) mass is 403 g/mol. The molecule has 2 N–H and O–H groups in total. The molecule has 0 aliphatic rings. The van der Waals surface area contributed by atoms with Crippen molar-refractivity contribution in [3.63, 3.8) is 0 Å². The molecule has 0 bridgehead atoms.